The third kappa shape index (κ3) is 3.93. The lowest BCUT2D eigenvalue weighted by Gasteiger charge is -2.15. The van der Waals surface area contributed by atoms with E-state index in [1.54, 1.807) is 0 Å². The molecule has 0 bridgehead atoms. The number of hydrogen-bond donors (Lipinski definition) is 2. The number of rotatable bonds is 5. The van der Waals surface area contributed by atoms with Crippen LogP contribution in [-0.2, 0) is 6.54 Å². The molecule has 0 aliphatic heterocycles. The van der Waals surface area contributed by atoms with Gasteiger partial charge in [0.1, 0.15) is 17.2 Å². The number of fused-ring (bicyclic) bond motifs is 1. The van der Waals surface area contributed by atoms with E-state index in [0.29, 0.717) is 10.1 Å². The van der Waals surface area contributed by atoms with Crippen molar-refractivity contribution in [2.75, 3.05) is 19.4 Å². The highest BCUT2D eigenvalue weighted by Crippen LogP contribution is 2.35. The van der Waals surface area contributed by atoms with E-state index in [9.17, 15) is 18.0 Å². The molecule has 0 radical (unpaired) electrons. The van der Waals surface area contributed by atoms with Crippen LogP contribution in [0.3, 0.4) is 0 Å². The maximum atomic E-state index is 12.9. The fourth-order valence-electron chi connectivity index (χ4n) is 2.53. The van der Waals surface area contributed by atoms with Gasteiger partial charge in [-0.15, -0.1) is 0 Å². The van der Waals surface area contributed by atoms with Gasteiger partial charge in [-0.1, -0.05) is 11.6 Å². The second-order valence-electron chi connectivity index (χ2n) is 5.49. The number of halogens is 4. The highest BCUT2D eigenvalue weighted by molar-refractivity contribution is 6.29. The predicted octanol–water partition coefficient (Wildman–Crippen LogP) is 3.15. The van der Waals surface area contributed by atoms with E-state index in [-0.39, 0.29) is 33.5 Å². The number of hydrogen-bond acceptors (Lipinski definition) is 6. The Bertz CT molecular complexity index is 1140. The molecule has 0 fully saturated rings. The number of methoxy groups -OCH3 is 1. The number of ether oxygens (including phenoxy) is 1. The average molecular weight is 418 g/mol. The first-order valence-electron chi connectivity index (χ1n) is 9.08. The summed E-state index contributed by atoms with van der Waals surface area (Å²) in [7, 11) is 1.23. The molecule has 3 aromatic heterocycles. The van der Waals surface area contributed by atoms with Crippen LogP contribution in [0, 0.1) is 0 Å². The topological polar surface area (TPSA) is 94.0 Å². The molecule has 0 atom stereocenters. The Kier molecular flexibility index (Phi) is 4.27. The van der Waals surface area contributed by atoms with Gasteiger partial charge in [-0.2, -0.15) is 18.3 Å². The van der Waals surface area contributed by atoms with Gasteiger partial charge >= 0.3 is 6.18 Å². The van der Waals surface area contributed by atoms with Gasteiger partial charge in [0.05, 0.1) is 24.6 Å². The van der Waals surface area contributed by atoms with Crippen LogP contribution in [0.15, 0.2) is 24.7 Å². The van der Waals surface area contributed by atoms with Crippen molar-refractivity contribution in [3.8, 4) is 5.75 Å². The summed E-state index contributed by atoms with van der Waals surface area (Å²) in [5.74, 6) is -1.10. The summed E-state index contributed by atoms with van der Waals surface area (Å²) in [5, 5.41) is 8.55. The molecule has 0 aliphatic carbocycles. The van der Waals surface area contributed by atoms with E-state index in [2.05, 4.69) is 20.4 Å². The summed E-state index contributed by atoms with van der Waals surface area (Å²) in [6.45, 7) is -4.11. The lowest BCUT2D eigenvalue weighted by atomic mass is 10.2. The summed E-state index contributed by atoms with van der Waals surface area (Å²) in [5.41, 5.74) is -0.159. The highest BCUT2D eigenvalue weighted by atomic mass is 35.5. The van der Waals surface area contributed by atoms with Gasteiger partial charge in [-0.25, -0.2) is 9.97 Å². The highest BCUT2D eigenvalue weighted by Gasteiger charge is 2.30. The number of amides is 1. The number of alkyl halides is 3. The van der Waals surface area contributed by atoms with Gasteiger partial charge in [0.2, 0.25) is 0 Å². The van der Waals surface area contributed by atoms with E-state index in [0.717, 1.165) is 6.20 Å². The first-order chi connectivity index (χ1) is 14.4. The lowest BCUT2D eigenvalue weighted by Crippen LogP contribution is -2.20. The van der Waals surface area contributed by atoms with Crippen LogP contribution in [0.1, 0.15) is 14.5 Å². The molecule has 0 saturated carbocycles. The van der Waals surface area contributed by atoms with Crippen LogP contribution in [-0.4, -0.2) is 45.9 Å². The fraction of sp³-hybridized carbons (Fsp3) is 0.250. The van der Waals surface area contributed by atoms with Gasteiger partial charge in [0, 0.05) is 28.9 Å². The van der Waals surface area contributed by atoms with E-state index in [1.165, 1.54) is 25.6 Å². The lowest BCUT2D eigenvalue weighted by molar-refractivity contribution is -0.141. The normalized spacial score (nSPS) is 13.5. The quantitative estimate of drug-likeness (QED) is 0.619. The van der Waals surface area contributed by atoms with E-state index < -0.39 is 25.6 Å². The Morgan fingerprint density at radius 1 is 1.36 bits per heavy atom. The molecule has 28 heavy (non-hydrogen) atoms. The van der Waals surface area contributed by atoms with Crippen molar-refractivity contribution in [3.63, 3.8) is 0 Å². The smallest absolute Gasteiger partial charge is 0.408 e. The van der Waals surface area contributed by atoms with Crippen LogP contribution >= 0.6 is 11.6 Å². The van der Waals surface area contributed by atoms with Gasteiger partial charge < -0.3 is 15.4 Å². The third-order valence-corrected chi connectivity index (χ3v) is 3.85. The molecule has 1 amide bonds. The number of aromatic nitrogens is 4. The molecule has 2 N–H and O–H groups in total. The Labute approximate surface area is 165 Å². The monoisotopic (exact) mass is 417 g/mol. The van der Waals surface area contributed by atoms with Crippen molar-refractivity contribution in [1.29, 1.82) is 0 Å². The van der Waals surface area contributed by atoms with Crippen molar-refractivity contribution in [1.82, 2.24) is 25.1 Å². The van der Waals surface area contributed by atoms with Crippen molar-refractivity contribution < 1.29 is 26.8 Å². The maximum absolute atomic E-state index is 12.9. The number of anilines is 2. The van der Waals surface area contributed by atoms with Gasteiger partial charge in [-0.3, -0.25) is 9.48 Å². The zero-order chi connectivity index (χ0) is 23.0. The van der Waals surface area contributed by atoms with Crippen LogP contribution in [0.2, 0.25) is 5.15 Å². The Hall–Kier alpha value is -3.08. The molecule has 3 aromatic rings. The third-order valence-electron chi connectivity index (χ3n) is 3.65. The fourth-order valence-corrected chi connectivity index (χ4v) is 2.69. The minimum Gasteiger partial charge on any atom is -0.491 e. The van der Waals surface area contributed by atoms with Crippen molar-refractivity contribution in [2.45, 2.75) is 12.7 Å². The molecule has 148 valence electrons. The molecule has 12 heteroatoms. The van der Waals surface area contributed by atoms with Crippen molar-refractivity contribution in [3.05, 3.63) is 35.4 Å². The predicted molar refractivity (Wildman–Crippen MR) is 96.1 cm³/mol. The van der Waals surface area contributed by atoms with Gasteiger partial charge in [-0.05, 0) is 6.07 Å². The molecule has 3 rings (SSSR count). The molecule has 8 nitrogen and oxygen atoms in total. The summed E-state index contributed by atoms with van der Waals surface area (Å²) in [6, 6.07) is 1.23. The molecule has 0 aromatic carbocycles. The van der Waals surface area contributed by atoms with Crippen LogP contribution < -0.4 is 15.4 Å². The Balaban J connectivity index is 2.07. The average Bonchev–Trinajstić information content (AvgIpc) is 3.01. The standard InChI is InChI=1S/C16H14ClF3N6O2/c1-21-15(27)9-6-22-11(17)3-10(9)25-14-13(28-2)12-8(4-23-14)5-24-26(12)7-16(18,19)20/h3-6H,7H2,1-2H3,(H,21,27)(H,22,23,25)/i1D3. The SMILES string of the molecule is [2H]C([2H])([2H])NC(=O)c1cnc(Cl)cc1Nc1ncc2cnn(CC(F)(F)F)c2c1OC. The first kappa shape index (κ1) is 15.9. The number of carbonyl (C=O) groups excluding carboxylic acids is 1. The summed E-state index contributed by atoms with van der Waals surface area (Å²) < 4.78 is 66.2. The number of carbonyl (C=O) groups is 1. The van der Waals surface area contributed by atoms with E-state index in [4.69, 9.17) is 20.5 Å². The molecular formula is C16H14ClF3N6O2. The Morgan fingerprint density at radius 3 is 2.82 bits per heavy atom. The minimum atomic E-state index is -4.53. The number of pyridine rings is 2. The molecule has 3 heterocycles. The molecule has 0 saturated heterocycles. The number of nitrogens with zero attached hydrogens (tertiary/aromatic N) is 4. The van der Waals surface area contributed by atoms with Gasteiger partial charge in [0.25, 0.3) is 5.91 Å². The van der Waals surface area contributed by atoms with Crippen molar-refractivity contribution >= 4 is 39.9 Å². The zero-order valence-electron chi connectivity index (χ0n) is 17.1. The van der Waals surface area contributed by atoms with Crippen LogP contribution in [0.4, 0.5) is 24.7 Å². The zero-order valence-corrected chi connectivity index (χ0v) is 14.9. The van der Waals surface area contributed by atoms with Gasteiger partial charge in [0.15, 0.2) is 11.6 Å². The second kappa shape index (κ2) is 7.50. The molecular weight excluding hydrogens is 401 g/mol. The minimum absolute atomic E-state index is 0.00814. The number of nitrogens with one attached hydrogen (secondary N) is 2. The molecule has 0 aliphatic rings. The van der Waals surface area contributed by atoms with E-state index >= 15 is 0 Å². The molecule has 0 spiro atoms. The first-order valence-corrected chi connectivity index (χ1v) is 7.96. The summed E-state index contributed by atoms with van der Waals surface area (Å²) >= 11 is 5.89. The Morgan fingerprint density at radius 2 is 2.14 bits per heavy atom. The summed E-state index contributed by atoms with van der Waals surface area (Å²) in [4.78, 5) is 20.2. The maximum Gasteiger partial charge on any atom is 0.408 e. The van der Waals surface area contributed by atoms with Crippen LogP contribution in [0.5, 0.6) is 5.75 Å². The second-order valence-corrected chi connectivity index (χ2v) is 5.88. The van der Waals surface area contributed by atoms with Crippen LogP contribution in [0.25, 0.3) is 10.9 Å². The largest absolute Gasteiger partial charge is 0.491 e. The summed E-state index contributed by atoms with van der Waals surface area (Å²) in [6.07, 6.45) is -1.01. The van der Waals surface area contributed by atoms with Crippen molar-refractivity contribution in [2.24, 2.45) is 0 Å². The van der Waals surface area contributed by atoms with E-state index in [1.807, 2.05) is 5.32 Å². The molecule has 0 unspecified atom stereocenters.